The van der Waals surface area contributed by atoms with Crippen LogP contribution in [0.1, 0.15) is 18.9 Å². The highest BCUT2D eigenvalue weighted by Gasteiger charge is 2.19. The van der Waals surface area contributed by atoms with E-state index in [-0.39, 0.29) is 0 Å². The van der Waals surface area contributed by atoms with Crippen LogP contribution >= 0.6 is 0 Å². The van der Waals surface area contributed by atoms with Crippen molar-refractivity contribution in [2.45, 2.75) is 26.3 Å². The maximum absolute atomic E-state index is 4.51. The van der Waals surface area contributed by atoms with Crippen molar-refractivity contribution in [3.05, 3.63) is 36.2 Å². The summed E-state index contributed by atoms with van der Waals surface area (Å²) in [4.78, 5) is 6.92. The summed E-state index contributed by atoms with van der Waals surface area (Å²) in [7, 11) is 2.21. The Morgan fingerprint density at radius 3 is 2.95 bits per heavy atom. The van der Waals surface area contributed by atoms with Crippen LogP contribution in [0.2, 0.25) is 0 Å². The minimum absolute atomic E-state index is 0.784. The third-order valence-corrected chi connectivity index (χ3v) is 4.12. The Labute approximate surface area is 120 Å². The van der Waals surface area contributed by atoms with Gasteiger partial charge in [0.1, 0.15) is 0 Å². The first-order chi connectivity index (χ1) is 9.76. The number of nitrogens with zero attached hydrogens (tertiary/aromatic N) is 4. The molecule has 0 spiro atoms. The van der Waals surface area contributed by atoms with Crippen LogP contribution < -0.4 is 0 Å². The maximum Gasteiger partial charge on any atom is 0.0885 e. The average molecular weight is 270 g/mol. The molecule has 1 aliphatic rings. The Hall–Kier alpha value is -1.68. The van der Waals surface area contributed by atoms with Gasteiger partial charge in [0.25, 0.3) is 0 Å². The van der Waals surface area contributed by atoms with Crippen molar-refractivity contribution in [3.63, 3.8) is 0 Å². The molecule has 0 unspecified atom stereocenters. The molecule has 1 atom stereocenters. The Balaban J connectivity index is 1.79. The quantitative estimate of drug-likeness (QED) is 0.856. The molecule has 2 aromatic heterocycles. The lowest BCUT2D eigenvalue weighted by Gasteiger charge is -2.11. The smallest absolute Gasteiger partial charge is 0.0885 e. The highest BCUT2D eigenvalue weighted by molar-refractivity contribution is 5.54. The van der Waals surface area contributed by atoms with Gasteiger partial charge >= 0.3 is 0 Å². The van der Waals surface area contributed by atoms with Crippen molar-refractivity contribution in [3.8, 4) is 11.4 Å². The first kappa shape index (κ1) is 13.3. The second-order valence-corrected chi connectivity index (χ2v) is 5.70. The minimum atomic E-state index is 0.784. The molecule has 4 heteroatoms. The lowest BCUT2D eigenvalue weighted by Crippen LogP contribution is -2.15. The van der Waals surface area contributed by atoms with Gasteiger partial charge in [-0.25, -0.2) is 0 Å². The van der Waals surface area contributed by atoms with Crippen molar-refractivity contribution in [1.82, 2.24) is 19.7 Å². The topological polar surface area (TPSA) is 34.0 Å². The highest BCUT2D eigenvalue weighted by atomic mass is 15.3. The first-order valence-electron chi connectivity index (χ1n) is 7.42. The van der Waals surface area contributed by atoms with Gasteiger partial charge in [-0.3, -0.25) is 9.67 Å². The van der Waals surface area contributed by atoms with E-state index in [1.54, 1.807) is 0 Å². The van der Waals surface area contributed by atoms with E-state index in [4.69, 9.17) is 0 Å². The summed E-state index contributed by atoms with van der Waals surface area (Å²) in [5.74, 6) is 0.784. The van der Waals surface area contributed by atoms with Gasteiger partial charge in [-0.15, -0.1) is 0 Å². The van der Waals surface area contributed by atoms with Crippen molar-refractivity contribution >= 4 is 0 Å². The van der Waals surface area contributed by atoms with Crippen LogP contribution in [-0.2, 0) is 13.0 Å². The van der Waals surface area contributed by atoms with Crippen LogP contribution in [0.25, 0.3) is 11.4 Å². The number of likely N-dealkylation sites (tertiary alicyclic amines) is 1. The van der Waals surface area contributed by atoms with Crippen LogP contribution in [0.4, 0.5) is 0 Å². The first-order valence-corrected chi connectivity index (χ1v) is 7.42. The fourth-order valence-corrected chi connectivity index (χ4v) is 3.07. The number of aromatic nitrogens is 3. The van der Waals surface area contributed by atoms with Crippen LogP contribution in [0.15, 0.2) is 30.6 Å². The van der Waals surface area contributed by atoms with Gasteiger partial charge in [0.15, 0.2) is 0 Å². The summed E-state index contributed by atoms with van der Waals surface area (Å²) in [6, 6.07) is 6.41. The molecule has 0 aliphatic carbocycles. The number of aryl methyl sites for hydroxylation is 1. The van der Waals surface area contributed by atoms with Gasteiger partial charge in [-0.05, 0) is 63.0 Å². The zero-order valence-electron chi connectivity index (χ0n) is 12.3. The molecule has 0 amide bonds. The van der Waals surface area contributed by atoms with Gasteiger partial charge in [0.2, 0.25) is 0 Å². The Bertz CT molecular complexity index is 575. The second kappa shape index (κ2) is 5.75. The van der Waals surface area contributed by atoms with Gasteiger partial charge in [-0.1, -0.05) is 0 Å². The fourth-order valence-electron chi connectivity index (χ4n) is 3.07. The molecule has 20 heavy (non-hydrogen) atoms. The van der Waals surface area contributed by atoms with Crippen LogP contribution in [0.3, 0.4) is 0 Å². The van der Waals surface area contributed by atoms with Crippen LogP contribution in [-0.4, -0.2) is 39.8 Å². The third-order valence-electron chi connectivity index (χ3n) is 4.12. The van der Waals surface area contributed by atoms with Gasteiger partial charge in [0, 0.05) is 25.5 Å². The van der Waals surface area contributed by atoms with Gasteiger partial charge < -0.3 is 4.90 Å². The van der Waals surface area contributed by atoms with E-state index < -0.39 is 0 Å². The summed E-state index contributed by atoms with van der Waals surface area (Å²) < 4.78 is 2.00. The lowest BCUT2D eigenvalue weighted by atomic mass is 9.98. The number of pyridine rings is 1. The SMILES string of the molecule is CCn1nccc1-c1cc(C[C@H]2CCN(C)C2)ccn1. The van der Waals surface area contributed by atoms with E-state index in [0.29, 0.717) is 0 Å². The van der Waals surface area contributed by atoms with E-state index in [2.05, 4.69) is 41.1 Å². The summed E-state index contributed by atoms with van der Waals surface area (Å²) in [5.41, 5.74) is 3.53. The molecule has 0 radical (unpaired) electrons. The molecule has 0 bridgehead atoms. The largest absolute Gasteiger partial charge is 0.306 e. The Morgan fingerprint density at radius 1 is 1.30 bits per heavy atom. The van der Waals surface area contributed by atoms with E-state index in [1.165, 1.54) is 25.1 Å². The molecule has 3 rings (SSSR count). The van der Waals surface area contributed by atoms with E-state index in [1.807, 2.05) is 23.1 Å². The standard InChI is InChI=1S/C16H22N4/c1-3-20-16(5-8-18-20)15-11-13(4-7-17-15)10-14-6-9-19(2)12-14/h4-5,7-8,11,14H,3,6,9-10,12H2,1-2H3/t14-/m1/s1. The lowest BCUT2D eigenvalue weighted by molar-refractivity contribution is 0.394. The molecule has 0 aromatic carbocycles. The van der Waals surface area contributed by atoms with Crippen molar-refractivity contribution < 1.29 is 0 Å². The molecule has 0 N–H and O–H groups in total. The maximum atomic E-state index is 4.51. The Morgan fingerprint density at radius 2 is 2.20 bits per heavy atom. The fraction of sp³-hybridized carbons (Fsp3) is 0.500. The van der Waals surface area contributed by atoms with Gasteiger partial charge in [-0.2, -0.15) is 5.10 Å². The molecule has 0 saturated carbocycles. The number of rotatable bonds is 4. The van der Waals surface area contributed by atoms with Crippen molar-refractivity contribution in [2.75, 3.05) is 20.1 Å². The van der Waals surface area contributed by atoms with Crippen LogP contribution in [0, 0.1) is 5.92 Å². The summed E-state index contributed by atoms with van der Waals surface area (Å²) in [6.07, 6.45) is 6.23. The molecule has 1 saturated heterocycles. The van der Waals surface area contributed by atoms with E-state index >= 15 is 0 Å². The predicted molar refractivity (Wildman–Crippen MR) is 80.4 cm³/mol. The van der Waals surface area contributed by atoms with Crippen molar-refractivity contribution in [2.24, 2.45) is 5.92 Å². The molecule has 4 nitrogen and oxygen atoms in total. The molecular weight excluding hydrogens is 248 g/mol. The predicted octanol–water partition coefficient (Wildman–Crippen LogP) is 2.46. The average Bonchev–Trinajstić information content (AvgIpc) is 3.08. The molecule has 1 fully saturated rings. The Kier molecular flexibility index (Phi) is 3.83. The van der Waals surface area contributed by atoms with Crippen molar-refractivity contribution in [1.29, 1.82) is 0 Å². The molecule has 2 aromatic rings. The zero-order valence-corrected chi connectivity index (χ0v) is 12.3. The molecule has 3 heterocycles. The van der Waals surface area contributed by atoms with E-state index in [0.717, 1.165) is 30.3 Å². The van der Waals surface area contributed by atoms with Crippen LogP contribution in [0.5, 0.6) is 0 Å². The molecule has 106 valence electrons. The summed E-state index contributed by atoms with van der Waals surface area (Å²) >= 11 is 0. The van der Waals surface area contributed by atoms with Gasteiger partial charge in [0.05, 0.1) is 11.4 Å². The summed E-state index contributed by atoms with van der Waals surface area (Å²) in [6.45, 7) is 5.42. The van der Waals surface area contributed by atoms with E-state index in [9.17, 15) is 0 Å². The second-order valence-electron chi connectivity index (χ2n) is 5.70. The zero-order chi connectivity index (χ0) is 13.9. The normalized spacial score (nSPS) is 19.6. The third kappa shape index (κ3) is 2.75. The monoisotopic (exact) mass is 270 g/mol. The minimum Gasteiger partial charge on any atom is -0.306 e. The highest BCUT2D eigenvalue weighted by Crippen LogP contribution is 2.22. The molecular formula is C16H22N4. The molecule has 1 aliphatic heterocycles. The summed E-state index contributed by atoms with van der Waals surface area (Å²) in [5, 5.41) is 4.32. The number of hydrogen-bond acceptors (Lipinski definition) is 3. The number of hydrogen-bond donors (Lipinski definition) is 0.